The molecular weight excluding hydrogens is 361 g/mol. The Morgan fingerprint density at radius 3 is 2.82 bits per heavy atom. The molecule has 1 N–H and O–H groups in total. The molecule has 0 bridgehead atoms. The van der Waals surface area contributed by atoms with Gasteiger partial charge in [-0.2, -0.15) is 0 Å². The van der Waals surface area contributed by atoms with Crippen LogP contribution in [-0.4, -0.2) is 25.3 Å². The van der Waals surface area contributed by atoms with E-state index in [0.717, 1.165) is 5.56 Å². The zero-order valence-electron chi connectivity index (χ0n) is 15.2. The second kappa shape index (κ2) is 6.73. The molecule has 3 heterocycles. The van der Waals surface area contributed by atoms with Gasteiger partial charge in [0.05, 0.1) is 11.4 Å². The molecule has 0 aliphatic rings. The molecule has 0 radical (unpaired) electrons. The summed E-state index contributed by atoms with van der Waals surface area (Å²) in [6.07, 6.45) is 6.76. The number of benzene rings is 1. The lowest BCUT2D eigenvalue weighted by molar-refractivity contribution is 0.0994. The summed E-state index contributed by atoms with van der Waals surface area (Å²) in [7, 11) is 0. The Balaban J connectivity index is 1.68. The number of aromatic nitrogens is 4. The summed E-state index contributed by atoms with van der Waals surface area (Å²) in [5.74, 6) is 0.0398. The SMILES string of the molecule is C=Cc1cnc2nc(-c3cc(NC(=O)c4oc(C)nc4C)ccc3F)cn2c1. The molecule has 4 aromatic rings. The predicted molar refractivity (Wildman–Crippen MR) is 102 cm³/mol. The van der Waals surface area contributed by atoms with Crippen LogP contribution in [0.1, 0.15) is 27.7 Å². The van der Waals surface area contributed by atoms with Gasteiger partial charge in [-0.25, -0.2) is 19.3 Å². The van der Waals surface area contributed by atoms with Crippen molar-refractivity contribution in [1.29, 1.82) is 0 Å². The number of hydrogen-bond donors (Lipinski definition) is 1. The van der Waals surface area contributed by atoms with E-state index >= 15 is 0 Å². The standard InChI is InChI=1S/C20H16FN5O2/c1-4-13-8-22-20-25-17(10-26(20)9-13)15-7-14(5-6-16(15)21)24-19(27)18-11(2)23-12(3)28-18/h4-10H,1H2,2-3H3,(H,24,27). The number of fused-ring (bicyclic) bond motifs is 1. The number of aryl methyl sites for hydroxylation is 2. The van der Waals surface area contributed by atoms with E-state index < -0.39 is 11.7 Å². The highest BCUT2D eigenvalue weighted by atomic mass is 19.1. The molecule has 140 valence electrons. The summed E-state index contributed by atoms with van der Waals surface area (Å²) < 4.78 is 21.4. The van der Waals surface area contributed by atoms with Crippen molar-refractivity contribution in [2.45, 2.75) is 13.8 Å². The van der Waals surface area contributed by atoms with E-state index in [1.165, 1.54) is 18.2 Å². The first-order valence-electron chi connectivity index (χ1n) is 8.47. The molecule has 0 aliphatic carbocycles. The lowest BCUT2D eigenvalue weighted by Gasteiger charge is -2.06. The number of nitrogens with zero attached hydrogens (tertiary/aromatic N) is 4. The van der Waals surface area contributed by atoms with Gasteiger partial charge in [-0.3, -0.25) is 9.20 Å². The summed E-state index contributed by atoms with van der Waals surface area (Å²) in [5.41, 5.74) is 2.35. The number of rotatable bonds is 4. The maximum atomic E-state index is 14.4. The van der Waals surface area contributed by atoms with Gasteiger partial charge >= 0.3 is 0 Å². The summed E-state index contributed by atoms with van der Waals surface area (Å²) in [4.78, 5) is 25.1. The molecule has 1 aromatic carbocycles. The highest BCUT2D eigenvalue weighted by Gasteiger charge is 2.17. The average molecular weight is 377 g/mol. The van der Waals surface area contributed by atoms with Crippen LogP contribution in [-0.2, 0) is 0 Å². The number of nitrogens with one attached hydrogen (secondary N) is 1. The van der Waals surface area contributed by atoms with Crippen LogP contribution in [0.4, 0.5) is 10.1 Å². The first-order valence-corrected chi connectivity index (χ1v) is 8.47. The molecule has 0 spiro atoms. The van der Waals surface area contributed by atoms with Crippen LogP contribution in [0.15, 0.2) is 47.8 Å². The molecule has 1 amide bonds. The van der Waals surface area contributed by atoms with E-state index in [1.807, 2.05) is 0 Å². The Morgan fingerprint density at radius 1 is 1.29 bits per heavy atom. The Labute approximate surface area is 159 Å². The lowest BCUT2D eigenvalue weighted by Crippen LogP contribution is -2.12. The van der Waals surface area contributed by atoms with E-state index in [-0.39, 0.29) is 11.3 Å². The normalized spacial score (nSPS) is 11.0. The van der Waals surface area contributed by atoms with Gasteiger partial charge in [0.2, 0.25) is 11.5 Å². The van der Waals surface area contributed by atoms with Crippen LogP contribution < -0.4 is 5.32 Å². The topological polar surface area (TPSA) is 85.3 Å². The van der Waals surface area contributed by atoms with Crippen molar-refractivity contribution in [3.05, 3.63) is 72.1 Å². The van der Waals surface area contributed by atoms with Gasteiger partial charge in [0.15, 0.2) is 5.89 Å². The lowest BCUT2D eigenvalue weighted by atomic mass is 10.1. The fourth-order valence-electron chi connectivity index (χ4n) is 2.86. The summed E-state index contributed by atoms with van der Waals surface area (Å²) >= 11 is 0. The molecule has 0 unspecified atom stereocenters. The third-order valence-corrected chi connectivity index (χ3v) is 4.18. The Hall–Kier alpha value is -3.81. The third kappa shape index (κ3) is 3.16. The first-order chi connectivity index (χ1) is 13.4. The third-order valence-electron chi connectivity index (χ3n) is 4.18. The molecule has 0 saturated heterocycles. The first kappa shape index (κ1) is 17.6. The van der Waals surface area contributed by atoms with Gasteiger partial charge in [-0.15, -0.1) is 0 Å². The number of carbonyl (C=O) groups excluding carboxylic acids is 1. The summed E-state index contributed by atoms with van der Waals surface area (Å²) in [6, 6.07) is 4.26. The summed E-state index contributed by atoms with van der Waals surface area (Å²) in [6.45, 7) is 7.05. The molecule has 7 nitrogen and oxygen atoms in total. The number of imidazole rings is 1. The molecular formula is C20H16FN5O2. The number of oxazole rings is 1. The zero-order valence-corrected chi connectivity index (χ0v) is 15.2. The second-order valence-corrected chi connectivity index (χ2v) is 6.22. The molecule has 0 saturated carbocycles. The van der Waals surface area contributed by atoms with E-state index in [1.54, 1.807) is 42.9 Å². The van der Waals surface area contributed by atoms with Crippen molar-refractivity contribution in [3.63, 3.8) is 0 Å². The van der Waals surface area contributed by atoms with Gasteiger partial charge in [-0.1, -0.05) is 12.7 Å². The minimum absolute atomic E-state index is 0.122. The van der Waals surface area contributed by atoms with Gasteiger partial charge in [-0.05, 0) is 25.1 Å². The van der Waals surface area contributed by atoms with Crippen molar-refractivity contribution in [2.75, 3.05) is 5.32 Å². The number of amides is 1. The van der Waals surface area contributed by atoms with Crippen molar-refractivity contribution < 1.29 is 13.6 Å². The maximum Gasteiger partial charge on any atom is 0.293 e. The fourth-order valence-corrected chi connectivity index (χ4v) is 2.86. The molecule has 3 aromatic heterocycles. The van der Waals surface area contributed by atoms with Crippen LogP contribution in [0.3, 0.4) is 0 Å². The highest BCUT2D eigenvalue weighted by Crippen LogP contribution is 2.26. The van der Waals surface area contributed by atoms with E-state index in [2.05, 4.69) is 26.8 Å². The van der Waals surface area contributed by atoms with Crippen LogP contribution in [0, 0.1) is 19.7 Å². The van der Waals surface area contributed by atoms with Gasteiger partial charge in [0.1, 0.15) is 5.82 Å². The average Bonchev–Trinajstić information content (AvgIpc) is 3.24. The van der Waals surface area contributed by atoms with Crippen LogP contribution in [0.25, 0.3) is 23.1 Å². The minimum atomic E-state index is -0.461. The molecule has 8 heteroatoms. The van der Waals surface area contributed by atoms with Crippen molar-refractivity contribution in [1.82, 2.24) is 19.4 Å². The van der Waals surface area contributed by atoms with Gasteiger partial charge in [0, 0.05) is 42.3 Å². The number of carbonyl (C=O) groups is 1. The molecule has 0 fully saturated rings. The zero-order chi connectivity index (χ0) is 19.8. The molecule has 28 heavy (non-hydrogen) atoms. The van der Waals surface area contributed by atoms with Gasteiger partial charge in [0.25, 0.3) is 5.91 Å². The Bertz CT molecular complexity index is 1220. The van der Waals surface area contributed by atoms with Crippen molar-refractivity contribution in [2.24, 2.45) is 0 Å². The molecule has 0 aliphatic heterocycles. The fraction of sp³-hybridized carbons (Fsp3) is 0.100. The van der Waals surface area contributed by atoms with Gasteiger partial charge < -0.3 is 9.73 Å². The maximum absolute atomic E-state index is 14.4. The van der Waals surface area contributed by atoms with E-state index in [9.17, 15) is 9.18 Å². The Morgan fingerprint density at radius 2 is 2.11 bits per heavy atom. The largest absolute Gasteiger partial charge is 0.436 e. The van der Waals surface area contributed by atoms with Crippen molar-refractivity contribution in [3.8, 4) is 11.3 Å². The molecule has 4 rings (SSSR count). The van der Waals surface area contributed by atoms with E-state index in [0.29, 0.717) is 28.7 Å². The van der Waals surface area contributed by atoms with Crippen LogP contribution >= 0.6 is 0 Å². The smallest absolute Gasteiger partial charge is 0.293 e. The Kier molecular flexibility index (Phi) is 4.23. The monoisotopic (exact) mass is 377 g/mol. The van der Waals surface area contributed by atoms with Crippen molar-refractivity contribution >= 4 is 23.4 Å². The second-order valence-electron chi connectivity index (χ2n) is 6.22. The number of anilines is 1. The van der Waals surface area contributed by atoms with E-state index in [4.69, 9.17) is 4.42 Å². The molecule has 0 atom stereocenters. The number of hydrogen-bond acceptors (Lipinski definition) is 5. The van der Waals surface area contributed by atoms with Crippen LogP contribution in [0.2, 0.25) is 0 Å². The summed E-state index contributed by atoms with van der Waals surface area (Å²) in [5, 5.41) is 2.70. The quantitative estimate of drug-likeness (QED) is 0.580. The predicted octanol–water partition coefficient (Wildman–Crippen LogP) is 4.04. The van der Waals surface area contributed by atoms with Crippen LogP contribution in [0.5, 0.6) is 0 Å². The number of halogens is 1. The highest BCUT2D eigenvalue weighted by molar-refractivity contribution is 6.03. The minimum Gasteiger partial charge on any atom is -0.436 e.